The number of benzene rings is 1. The van der Waals surface area contributed by atoms with Crippen molar-refractivity contribution in [3.63, 3.8) is 0 Å². The fourth-order valence-electron chi connectivity index (χ4n) is 1.79. The van der Waals surface area contributed by atoms with Crippen LogP contribution in [0.2, 0.25) is 0 Å². The number of aromatic nitrogens is 1. The van der Waals surface area contributed by atoms with Gasteiger partial charge in [-0.05, 0) is 13.0 Å². The van der Waals surface area contributed by atoms with Crippen LogP contribution in [-0.2, 0) is 4.79 Å². The molecule has 0 unspecified atom stereocenters. The lowest BCUT2D eigenvalue weighted by Crippen LogP contribution is -2.27. The second-order valence-corrected chi connectivity index (χ2v) is 7.07. The molecule has 1 aromatic carbocycles. The molecule has 2 rings (SSSR count). The minimum atomic E-state index is -1.05. The largest absolute Gasteiger partial charge is 0.477 e. The average molecular weight is 318 g/mol. The third kappa shape index (κ3) is 3.51. The quantitative estimate of drug-likeness (QED) is 0.902. The predicted octanol–water partition coefficient (Wildman–Crippen LogP) is 3.80. The minimum absolute atomic E-state index is 0.120. The number of nitrogens with one attached hydrogen (secondary N) is 1. The van der Waals surface area contributed by atoms with E-state index in [1.54, 1.807) is 20.8 Å². The summed E-state index contributed by atoms with van der Waals surface area (Å²) in [5.74, 6) is -1.25. The summed E-state index contributed by atoms with van der Waals surface area (Å²) in [5, 5.41) is 12.3. The summed E-state index contributed by atoms with van der Waals surface area (Å²) in [6.07, 6.45) is 0. The zero-order valence-electron chi connectivity index (χ0n) is 12.9. The van der Waals surface area contributed by atoms with E-state index in [-0.39, 0.29) is 10.8 Å². The van der Waals surface area contributed by atoms with Gasteiger partial charge in [0.2, 0.25) is 5.91 Å². The SMILES string of the molecule is Cc1cccc(-c2nc(NC(=O)C(C)(C)C)sc2C(=O)O)c1. The lowest BCUT2D eigenvalue weighted by atomic mass is 9.96. The second kappa shape index (κ2) is 5.88. The van der Waals surface area contributed by atoms with Crippen molar-refractivity contribution in [3.05, 3.63) is 34.7 Å². The van der Waals surface area contributed by atoms with E-state index in [0.29, 0.717) is 10.8 Å². The van der Waals surface area contributed by atoms with Gasteiger partial charge in [0.1, 0.15) is 4.88 Å². The van der Waals surface area contributed by atoms with Crippen LogP contribution in [0.3, 0.4) is 0 Å². The molecule has 0 aliphatic rings. The molecule has 2 aromatic rings. The van der Waals surface area contributed by atoms with Gasteiger partial charge in [-0.15, -0.1) is 0 Å². The summed E-state index contributed by atoms with van der Waals surface area (Å²) < 4.78 is 0. The Labute approximate surface area is 133 Å². The number of anilines is 1. The summed E-state index contributed by atoms with van der Waals surface area (Å²) in [6.45, 7) is 7.29. The van der Waals surface area contributed by atoms with Crippen LogP contribution in [0.15, 0.2) is 24.3 Å². The first-order valence-electron chi connectivity index (χ1n) is 6.81. The van der Waals surface area contributed by atoms with Gasteiger partial charge in [0.25, 0.3) is 0 Å². The van der Waals surface area contributed by atoms with Crippen molar-refractivity contribution in [3.8, 4) is 11.3 Å². The fourth-order valence-corrected chi connectivity index (χ4v) is 2.61. The number of hydrogen-bond acceptors (Lipinski definition) is 4. The molecule has 0 saturated heterocycles. The molecular weight excluding hydrogens is 300 g/mol. The van der Waals surface area contributed by atoms with Crippen molar-refractivity contribution < 1.29 is 14.7 Å². The molecule has 116 valence electrons. The Morgan fingerprint density at radius 2 is 1.95 bits per heavy atom. The summed E-state index contributed by atoms with van der Waals surface area (Å²) >= 11 is 0.970. The average Bonchev–Trinajstić information content (AvgIpc) is 2.81. The zero-order chi connectivity index (χ0) is 16.5. The third-order valence-corrected chi connectivity index (χ3v) is 3.97. The van der Waals surface area contributed by atoms with Crippen LogP contribution in [0.25, 0.3) is 11.3 Å². The summed E-state index contributed by atoms with van der Waals surface area (Å²) in [5.41, 5.74) is 1.55. The van der Waals surface area contributed by atoms with Gasteiger partial charge in [-0.25, -0.2) is 9.78 Å². The van der Waals surface area contributed by atoms with E-state index in [0.717, 1.165) is 22.5 Å². The molecule has 22 heavy (non-hydrogen) atoms. The van der Waals surface area contributed by atoms with Crippen LogP contribution in [0, 0.1) is 12.3 Å². The van der Waals surface area contributed by atoms with Gasteiger partial charge in [-0.1, -0.05) is 55.9 Å². The molecule has 0 radical (unpaired) electrons. The first-order chi connectivity index (χ1) is 10.2. The van der Waals surface area contributed by atoms with E-state index in [4.69, 9.17) is 0 Å². The summed E-state index contributed by atoms with van der Waals surface area (Å²) in [7, 11) is 0. The molecule has 0 saturated carbocycles. The fraction of sp³-hybridized carbons (Fsp3) is 0.312. The normalized spacial score (nSPS) is 11.3. The van der Waals surface area contributed by atoms with Crippen LogP contribution in [0.4, 0.5) is 5.13 Å². The van der Waals surface area contributed by atoms with Crippen molar-refractivity contribution in [2.45, 2.75) is 27.7 Å². The van der Waals surface area contributed by atoms with E-state index in [1.807, 2.05) is 31.2 Å². The zero-order valence-corrected chi connectivity index (χ0v) is 13.7. The minimum Gasteiger partial charge on any atom is -0.477 e. The molecule has 0 atom stereocenters. The van der Waals surface area contributed by atoms with E-state index in [2.05, 4.69) is 10.3 Å². The highest BCUT2D eigenvalue weighted by Gasteiger charge is 2.25. The number of nitrogens with zero attached hydrogens (tertiary/aromatic N) is 1. The first kappa shape index (κ1) is 16.2. The van der Waals surface area contributed by atoms with Crippen molar-refractivity contribution in [2.75, 3.05) is 5.32 Å². The van der Waals surface area contributed by atoms with Gasteiger partial charge in [0.15, 0.2) is 5.13 Å². The predicted molar refractivity (Wildman–Crippen MR) is 87.3 cm³/mol. The monoisotopic (exact) mass is 318 g/mol. The maximum Gasteiger partial charge on any atom is 0.348 e. The first-order valence-corrected chi connectivity index (χ1v) is 7.63. The Morgan fingerprint density at radius 1 is 1.27 bits per heavy atom. The number of aromatic carboxylic acids is 1. The van der Waals surface area contributed by atoms with E-state index < -0.39 is 11.4 Å². The highest BCUT2D eigenvalue weighted by molar-refractivity contribution is 7.18. The number of thiazole rings is 1. The molecule has 0 spiro atoms. The maximum absolute atomic E-state index is 12.0. The Balaban J connectivity index is 2.43. The van der Waals surface area contributed by atoms with E-state index in [1.165, 1.54) is 0 Å². The number of carboxylic acids is 1. The maximum atomic E-state index is 12.0. The number of carboxylic acid groups (broad SMARTS) is 1. The van der Waals surface area contributed by atoms with Crippen LogP contribution in [0.1, 0.15) is 36.0 Å². The Kier molecular flexibility index (Phi) is 4.32. The number of rotatable bonds is 3. The number of carbonyl (C=O) groups excluding carboxylic acids is 1. The molecule has 0 fully saturated rings. The van der Waals surface area contributed by atoms with Gasteiger partial charge in [-0.2, -0.15) is 0 Å². The molecule has 0 aliphatic carbocycles. The highest BCUT2D eigenvalue weighted by atomic mass is 32.1. The van der Waals surface area contributed by atoms with Gasteiger partial charge in [-0.3, -0.25) is 4.79 Å². The van der Waals surface area contributed by atoms with Crippen LogP contribution >= 0.6 is 11.3 Å². The molecule has 2 N–H and O–H groups in total. The Morgan fingerprint density at radius 3 is 2.50 bits per heavy atom. The second-order valence-electron chi connectivity index (χ2n) is 6.08. The molecule has 0 aliphatic heterocycles. The van der Waals surface area contributed by atoms with Crippen molar-refractivity contribution in [1.29, 1.82) is 0 Å². The molecule has 1 aromatic heterocycles. The third-order valence-electron chi connectivity index (χ3n) is 3.01. The lowest BCUT2D eigenvalue weighted by Gasteiger charge is -2.15. The highest BCUT2D eigenvalue weighted by Crippen LogP contribution is 2.32. The standard InChI is InChI=1S/C16H18N2O3S/c1-9-6-5-7-10(8-9)11-12(13(19)20)22-15(17-11)18-14(21)16(2,3)4/h5-8H,1-4H3,(H,19,20)(H,17,18,21). The molecule has 5 nitrogen and oxygen atoms in total. The number of aryl methyl sites for hydroxylation is 1. The number of amides is 1. The number of carbonyl (C=O) groups is 2. The Hall–Kier alpha value is -2.21. The van der Waals surface area contributed by atoms with E-state index >= 15 is 0 Å². The lowest BCUT2D eigenvalue weighted by molar-refractivity contribution is -0.123. The van der Waals surface area contributed by atoms with Crippen LogP contribution in [0.5, 0.6) is 0 Å². The smallest absolute Gasteiger partial charge is 0.348 e. The van der Waals surface area contributed by atoms with Crippen LogP contribution in [-0.4, -0.2) is 22.0 Å². The van der Waals surface area contributed by atoms with Gasteiger partial charge < -0.3 is 10.4 Å². The van der Waals surface area contributed by atoms with Crippen molar-refractivity contribution >= 4 is 28.3 Å². The number of hydrogen-bond donors (Lipinski definition) is 2. The topological polar surface area (TPSA) is 79.3 Å². The molecule has 6 heteroatoms. The Bertz CT molecular complexity index is 729. The molecular formula is C16H18N2O3S. The molecule has 0 bridgehead atoms. The van der Waals surface area contributed by atoms with Gasteiger partial charge in [0.05, 0.1) is 5.69 Å². The van der Waals surface area contributed by atoms with Gasteiger partial charge in [0, 0.05) is 11.0 Å². The van der Waals surface area contributed by atoms with Crippen LogP contribution < -0.4 is 5.32 Å². The van der Waals surface area contributed by atoms with Crippen molar-refractivity contribution in [1.82, 2.24) is 4.98 Å². The molecule has 1 amide bonds. The van der Waals surface area contributed by atoms with Crippen molar-refractivity contribution in [2.24, 2.45) is 5.41 Å². The summed E-state index contributed by atoms with van der Waals surface area (Å²) in [4.78, 5) is 27.9. The van der Waals surface area contributed by atoms with E-state index in [9.17, 15) is 14.7 Å². The van der Waals surface area contributed by atoms with Gasteiger partial charge >= 0.3 is 5.97 Å². The molecule has 1 heterocycles. The summed E-state index contributed by atoms with van der Waals surface area (Å²) in [6, 6.07) is 7.46.